The van der Waals surface area contributed by atoms with Crippen LogP contribution >= 0.6 is 24.0 Å². The number of hydrogen-bond acceptors (Lipinski definition) is 6. The lowest BCUT2D eigenvalue weighted by molar-refractivity contribution is 0.0448. The van der Waals surface area contributed by atoms with E-state index >= 15 is 0 Å². The Kier molecular flexibility index (Phi) is 11.4. The Hall–Kier alpha value is -1.59. The molecule has 0 aliphatic carbocycles. The van der Waals surface area contributed by atoms with Crippen LogP contribution in [0.3, 0.4) is 0 Å². The van der Waals surface area contributed by atoms with Gasteiger partial charge in [0.25, 0.3) is 0 Å². The second-order valence-corrected chi connectivity index (χ2v) is 7.40. The average Bonchev–Trinajstić information content (AvgIpc) is 3.00. The summed E-state index contributed by atoms with van der Waals surface area (Å²) in [5.41, 5.74) is -0.983. The standard InChI is InChI=1S/C18H34N6O3.HI/c1-8-18(9-2,23-16(25)26-17(5,6)7)12-21-15(19-10-3)20-11-14-22-13(4)24-27-14;/h8-12H2,1-7H3,(H,23,25)(H2,19,20,21);1H. The third kappa shape index (κ3) is 9.56. The first-order valence-electron chi connectivity index (χ1n) is 9.45. The monoisotopic (exact) mass is 510 g/mol. The Bertz CT molecular complexity index is 623. The van der Waals surface area contributed by atoms with Gasteiger partial charge in [-0.25, -0.2) is 9.79 Å². The van der Waals surface area contributed by atoms with Gasteiger partial charge in [-0.1, -0.05) is 19.0 Å². The number of hydrogen-bond donors (Lipinski definition) is 3. The van der Waals surface area contributed by atoms with Crippen molar-refractivity contribution in [2.45, 2.75) is 79.0 Å². The number of halogens is 1. The lowest BCUT2D eigenvalue weighted by atomic mass is 9.93. The van der Waals surface area contributed by atoms with Gasteiger partial charge in [0, 0.05) is 13.1 Å². The zero-order valence-corrected chi connectivity index (χ0v) is 20.3. The summed E-state index contributed by atoms with van der Waals surface area (Å²) in [6.07, 6.45) is 1.08. The van der Waals surface area contributed by atoms with Crippen molar-refractivity contribution in [3.05, 3.63) is 11.7 Å². The molecule has 0 fully saturated rings. The molecule has 0 radical (unpaired) electrons. The Morgan fingerprint density at radius 3 is 2.29 bits per heavy atom. The highest BCUT2D eigenvalue weighted by Gasteiger charge is 2.30. The third-order valence-corrected chi connectivity index (χ3v) is 4.00. The van der Waals surface area contributed by atoms with Crippen LogP contribution in [0.25, 0.3) is 0 Å². The smallest absolute Gasteiger partial charge is 0.408 e. The molecule has 0 aromatic carbocycles. The molecule has 162 valence electrons. The van der Waals surface area contributed by atoms with Gasteiger partial charge in [-0.05, 0) is 47.5 Å². The van der Waals surface area contributed by atoms with Crippen molar-refractivity contribution < 1.29 is 14.1 Å². The summed E-state index contributed by atoms with van der Waals surface area (Å²) in [5.74, 6) is 1.65. The number of amides is 1. The van der Waals surface area contributed by atoms with E-state index in [0.717, 1.165) is 12.8 Å². The molecule has 0 atom stereocenters. The van der Waals surface area contributed by atoms with Crippen LogP contribution in [0.4, 0.5) is 4.79 Å². The van der Waals surface area contributed by atoms with E-state index < -0.39 is 17.2 Å². The van der Waals surface area contributed by atoms with Crippen molar-refractivity contribution in [1.29, 1.82) is 0 Å². The van der Waals surface area contributed by atoms with E-state index in [4.69, 9.17) is 9.26 Å². The Labute approximate surface area is 184 Å². The van der Waals surface area contributed by atoms with Gasteiger partial charge < -0.3 is 25.2 Å². The quantitative estimate of drug-likeness (QED) is 0.280. The van der Waals surface area contributed by atoms with Gasteiger partial charge in [0.05, 0.1) is 5.54 Å². The molecule has 9 nitrogen and oxygen atoms in total. The molecule has 10 heteroatoms. The Morgan fingerprint density at radius 2 is 1.82 bits per heavy atom. The van der Waals surface area contributed by atoms with E-state index in [1.54, 1.807) is 6.92 Å². The number of aromatic nitrogens is 2. The number of rotatable bonds is 8. The highest BCUT2D eigenvalue weighted by atomic mass is 127. The molecule has 0 saturated carbocycles. The van der Waals surface area contributed by atoms with Crippen LogP contribution < -0.4 is 16.0 Å². The van der Waals surface area contributed by atoms with Crippen LogP contribution in [-0.2, 0) is 11.3 Å². The number of ether oxygens (including phenoxy) is 1. The first-order chi connectivity index (χ1) is 12.6. The summed E-state index contributed by atoms with van der Waals surface area (Å²) < 4.78 is 10.5. The maximum absolute atomic E-state index is 12.2. The summed E-state index contributed by atoms with van der Waals surface area (Å²) >= 11 is 0. The molecule has 0 bridgehead atoms. The first-order valence-corrected chi connectivity index (χ1v) is 9.45. The predicted octanol–water partition coefficient (Wildman–Crippen LogP) is 3.13. The minimum Gasteiger partial charge on any atom is -0.444 e. The summed E-state index contributed by atoms with van der Waals surface area (Å²) in [6.45, 7) is 14.9. The number of carbonyl (C=O) groups is 1. The molecule has 1 heterocycles. The molecule has 1 aromatic heterocycles. The van der Waals surface area contributed by atoms with Gasteiger partial charge in [-0.15, -0.1) is 24.0 Å². The zero-order valence-electron chi connectivity index (χ0n) is 18.0. The van der Waals surface area contributed by atoms with Gasteiger partial charge in [0.2, 0.25) is 5.89 Å². The van der Waals surface area contributed by atoms with Crippen molar-refractivity contribution in [1.82, 2.24) is 26.1 Å². The average molecular weight is 510 g/mol. The molecule has 0 saturated heterocycles. The molecule has 0 aliphatic heterocycles. The first kappa shape index (κ1) is 26.4. The molecule has 1 rings (SSSR count). The maximum Gasteiger partial charge on any atom is 0.408 e. The molecule has 1 aromatic rings. The molecule has 3 N–H and O–H groups in total. The van der Waals surface area contributed by atoms with Gasteiger partial charge in [0.15, 0.2) is 11.8 Å². The summed E-state index contributed by atoms with van der Waals surface area (Å²) in [5, 5.41) is 13.2. The Morgan fingerprint density at radius 1 is 1.18 bits per heavy atom. The number of alkyl carbamates (subject to hydrolysis) is 1. The van der Waals surface area contributed by atoms with Crippen LogP contribution in [0.2, 0.25) is 0 Å². The molecule has 1 amide bonds. The molecule has 0 spiro atoms. The fourth-order valence-corrected chi connectivity index (χ4v) is 2.39. The number of guanidine groups is 1. The number of aryl methyl sites for hydroxylation is 1. The zero-order chi connectivity index (χ0) is 20.5. The van der Waals surface area contributed by atoms with Gasteiger partial charge in [-0.2, -0.15) is 4.98 Å². The second kappa shape index (κ2) is 12.1. The van der Waals surface area contributed by atoms with Crippen LogP contribution in [-0.4, -0.2) is 46.4 Å². The van der Waals surface area contributed by atoms with Crippen LogP contribution in [0.15, 0.2) is 9.52 Å². The van der Waals surface area contributed by atoms with Gasteiger partial charge in [-0.3, -0.25) is 0 Å². The summed E-state index contributed by atoms with van der Waals surface area (Å²) in [7, 11) is 0. The van der Waals surface area contributed by atoms with E-state index in [-0.39, 0.29) is 30.5 Å². The number of carbonyl (C=O) groups excluding carboxylic acids is 1. The van der Waals surface area contributed by atoms with E-state index in [1.807, 2.05) is 41.5 Å². The highest BCUT2D eigenvalue weighted by Crippen LogP contribution is 2.16. The maximum atomic E-state index is 12.2. The second-order valence-electron chi connectivity index (χ2n) is 7.40. The fourth-order valence-electron chi connectivity index (χ4n) is 2.39. The number of nitrogens with one attached hydrogen (secondary N) is 3. The normalized spacial score (nSPS) is 12.2. The molecule has 0 aliphatic rings. The summed E-state index contributed by atoms with van der Waals surface area (Å²) in [6, 6.07) is 0. The molecule has 28 heavy (non-hydrogen) atoms. The fraction of sp³-hybridized carbons (Fsp3) is 0.778. The van der Waals surface area contributed by atoms with Gasteiger partial charge >= 0.3 is 6.09 Å². The third-order valence-electron chi connectivity index (χ3n) is 4.00. The van der Waals surface area contributed by atoms with Crippen LogP contribution in [0.5, 0.6) is 0 Å². The minimum atomic E-state index is -0.538. The summed E-state index contributed by atoms with van der Waals surface area (Å²) in [4.78, 5) is 20.8. The van der Waals surface area contributed by atoms with Crippen molar-refractivity contribution >= 4 is 36.0 Å². The number of aliphatic imine (C=N–C) groups is 1. The lowest BCUT2D eigenvalue weighted by Gasteiger charge is -2.34. The molecular formula is C18H35IN6O3. The van der Waals surface area contributed by atoms with Crippen molar-refractivity contribution in [3.8, 4) is 0 Å². The highest BCUT2D eigenvalue weighted by molar-refractivity contribution is 14.0. The van der Waals surface area contributed by atoms with Crippen molar-refractivity contribution in [3.63, 3.8) is 0 Å². The van der Waals surface area contributed by atoms with Crippen LogP contribution in [0, 0.1) is 6.92 Å². The molecular weight excluding hydrogens is 475 g/mol. The van der Waals surface area contributed by atoms with Crippen molar-refractivity contribution in [2.24, 2.45) is 4.99 Å². The number of nitrogens with zero attached hydrogens (tertiary/aromatic N) is 3. The SMILES string of the molecule is CCNC(=NCc1nc(C)no1)NCC(CC)(CC)NC(=O)OC(C)(C)C.I. The van der Waals surface area contributed by atoms with Crippen LogP contribution in [0.1, 0.15) is 66.1 Å². The van der Waals surface area contributed by atoms with E-state index in [0.29, 0.717) is 30.8 Å². The molecule has 0 unspecified atom stereocenters. The van der Waals surface area contributed by atoms with Gasteiger partial charge in [0.1, 0.15) is 12.1 Å². The Balaban J connectivity index is 0.00000729. The van der Waals surface area contributed by atoms with Crippen molar-refractivity contribution in [2.75, 3.05) is 13.1 Å². The van der Waals surface area contributed by atoms with E-state index in [9.17, 15) is 4.79 Å². The predicted molar refractivity (Wildman–Crippen MR) is 120 cm³/mol. The lowest BCUT2D eigenvalue weighted by Crippen LogP contribution is -2.57. The van der Waals surface area contributed by atoms with E-state index in [2.05, 4.69) is 31.1 Å². The largest absolute Gasteiger partial charge is 0.444 e. The topological polar surface area (TPSA) is 114 Å². The van der Waals surface area contributed by atoms with E-state index in [1.165, 1.54) is 0 Å². The minimum absolute atomic E-state index is 0.